The lowest BCUT2D eigenvalue weighted by atomic mass is 9.92. The average molecular weight is 292 g/mol. The van der Waals surface area contributed by atoms with Gasteiger partial charge in [-0.25, -0.2) is 4.99 Å². The van der Waals surface area contributed by atoms with Crippen molar-refractivity contribution in [2.24, 2.45) is 22.6 Å². The molecule has 21 heavy (non-hydrogen) atoms. The Balaban J connectivity index is 1.59. The topological polar surface area (TPSA) is 66.8 Å². The van der Waals surface area contributed by atoms with Crippen molar-refractivity contribution in [1.82, 2.24) is 10.2 Å². The molecule has 1 saturated heterocycles. The molecule has 2 atom stereocenters. The van der Waals surface area contributed by atoms with Crippen LogP contribution in [0.4, 0.5) is 0 Å². The monoisotopic (exact) mass is 292 g/mol. The number of nitrogens with one attached hydrogen (secondary N) is 1. The summed E-state index contributed by atoms with van der Waals surface area (Å²) in [6.45, 7) is 9.64. The minimum absolute atomic E-state index is 0.492. The summed E-state index contributed by atoms with van der Waals surface area (Å²) in [5.41, 5.74) is 5.84. The van der Waals surface area contributed by atoms with E-state index in [0.29, 0.717) is 12.5 Å². The summed E-state index contributed by atoms with van der Waals surface area (Å²) in [5.74, 6) is 2.96. The summed E-state index contributed by atoms with van der Waals surface area (Å²) in [5, 5.41) is 3.17. The minimum Gasteiger partial charge on any atom is -0.467 e. The molecule has 1 aromatic rings. The van der Waals surface area contributed by atoms with Crippen molar-refractivity contribution < 1.29 is 4.42 Å². The highest BCUT2D eigenvalue weighted by atomic mass is 16.3. The van der Waals surface area contributed by atoms with Crippen LogP contribution in [0.1, 0.15) is 32.4 Å². The first kappa shape index (κ1) is 15.9. The van der Waals surface area contributed by atoms with Crippen LogP contribution in [0.3, 0.4) is 0 Å². The Morgan fingerprint density at radius 2 is 2.19 bits per heavy atom. The molecule has 118 valence electrons. The molecule has 1 aliphatic heterocycles. The maximum Gasteiger partial charge on any atom is 0.189 e. The van der Waals surface area contributed by atoms with Crippen LogP contribution < -0.4 is 11.1 Å². The molecule has 0 radical (unpaired) electrons. The van der Waals surface area contributed by atoms with Gasteiger partial charge in [0.15, 0.2) is 5.96 Å². The standard InChI is InChI=1S/C16H28N4O/c1-13-9-14(2)12-20(11-13)7-4-6-18-16(17)19-10-15-5-3-8-21-15/h3,5,8,13-14H,4,6-7,9-12H2,1-2H3,(H3,17,18,19)/t13-,14+. The van der Waals surface area contributed by atoms with E-state index in [1.807, 2.05) is 12.1 Å². The van der Waals surface area contributed by atoms with E-state index < -0.39 is 0 Å². The van der Waals surface area contributed by atoms with Gasteiger partial charge in [0, 0.05) is 19.6 Å². The molecule has 0 aliphatic carbocycles. The number of piperidine rings is 1. The zero-order chi connectivity index (χ0) is 15.1. The second-order valence-electron chi connectivity index (χ2n) is 6.27. The predicted molar refractivity (Wildman–Crippen MR) is 86.0 cm³/mol. The fraction of sp³-hybridized carbons (Fsp3) is 0.688. The number of guanidine groups is 1. The van der Waals surface area contributed by atoms with Crippen molar-refractivity contribution in [2.45, 2.75) is 33.2 Å². The Hall–Kier alpha value is -1.49. The third-order valence-electron chi connectivity index (χ3n) is 3.89. The second kappa shape index (κ2) is 8.08. The Morgan fingerprint density at radius 1 is 1.43 bits per heavy atom. The summed E-state index contributed by atoms with van der Waals surface area (Å²) in [6.07, 6.45) is 4.10. The van der Waals surface area contributed by atoms with Crippen LogP contribution in [0.15, 0.2) is 27.8 Å². The molecule has 0 amide bonds. The third-order valence-corrected chi connectivity index (χ3v) is 3.89. The number of likely N-dealkylation sites (tertiary alicyclic amines) is 1. The van der Waals surface area contributed by atoms with E-state index >= 15 is 0 Å². The number of nitrogens with zero attached hydrogens (tertiary/aromatic N) is 2. The molecule has 1 aromatic heterocycles. The van der Waals surface area contributed by atoms with E-state index in [0.717, 1.165) is 37.1 Å². The fourth-order valence-corrected chi connectivity index (χ4v) is 3.12. The van der Waals surface area contributed by atoms with Crippen LogP contribution in [0.25, 0.3) is 0 Å². The highest BCUT2D eigenvalue weighted by Gasteiger charge is 2.20. The van der Waals surface area contributed by atoms with Crippen LogP contribution in [-0.4, -0.2) is 37.0 Å². The summed E-state index contributed by atoms with van der Waals surface area (Å²) >= 11 is 0. The van der Waals surface area contributed by atoms with Crippen molar-refractivity contribution in [3.8, 4) is 0 Å². The fourth-order valence-electron chi connectivity index (χ4n) is 3.12. The molecule has 1 fully saturated rings. The second-order valence-corrected chi connectivity index (χ2v) is 6.27. The highest BCUT2D eigenvalue weighted by Crippen LogP contribution is 2.20. The van der Waals surface area contributed by atoms with E-state index in [9.17, 15) is 0 Å². The van der Waals surface area contributed by atoms with Gasteiger partial charge in [0.25, 0.3) is 0 Å². The van der Waals surface area contributed by atoms with Gasteiger partial charge in [0.2, 0.25) is 0 Å². The summed E-state index contributed by atoms with van der Waals surface area (Å²) < 4.78 is 5.21. The molecule has 5 nitrogen and oxygen atoms in total. The molecule has 0 aromatic carbocycles. The Labute approximate surface area is 127 Å². The Morgan fingerprint density at radius 3 is 2.86 bits per heavy atom. The van der Waals surface area contributed by atoms with Gasteiger partial charge in [0.1, 0.15) is 12.3 Å². The molecule has 0 bridgehead atoms. The first-order valence-corrected chi connectivity index (χ1v) is 7.92. The number of rotatable bonds is 6. The van der Waals surface area contributed by atoms with Gasteiger partial charge in [-0.2, -0.15) is 0 Å². The average Bonchev–Trinajstić information content (AvgIpc) is 2.93. The smallest absolute Gasteiger partial charge is 0.189 e. The number of aliphatic imine (C=N–C) groups is 1. The van der Waals surface area contributed by atoms with Gasteiger partial charge in [-0.1, -0.05) is 13.8 Å². The van der Waals surface area contributed by atoms with E-state index in [1.165, 1.54) is 19.5 Å². The van der Waals surface area contributed by atoms with Crippen LogP contribution in [-0.2, 0) is 6.54 Å². The normalized spacial score (nSPS) is 24.2. The lowest BCUT2D eigenvalue weighted by molar-refractivity contribution is 0.140. The van der Waals surface area contributed by atoms with Gasteiger partial charge in [-0.15, -0.1) is 0 Å². The molecule has 2 heterocycles. The largest absolute Gasteiger partial charge is 0.467 e. The number of hydrogen-bond acceptors (Lipinski definition) is 3. The summed E-state index contributed by atoms with van der Waals surface area (Å²) in [6, 6.07) is 3.75. The van der Waals surface area contributed by atoms with E-state index in [-0.39, 0.29) is 0 Å². The zero-order valence-corrected chi connectivity index (χ0v) is 13.2. The number of nitrogens with two attached hydrogens (primary N) is 1. The molecule has 1 aliphatic rings. The zero-order valence-electron chi connectivity index (χ0n) is 13.2. The first-order valence-electron chi connectivity index (χ1n) is 7.92. The van der Waals surface area contributed by atoms with Crippen molar-refractivity contribution >= 4 is 5.96 Å². The van der Waals surface area contributed by atoms with Gasteiger partial charge in [0.05, 0.1) is 6.26 Å². The predicted octanol–water partition coefficient (Wildman–Crippen LogP) is 2.05. The van der Waals surface area contributed by atoms with Crippen molar-refractivity contribution in [2.75, 3.05) is 26.2 Å². The van der Waals surface area contributed by atoms with Crippen LogP contribution in [0, 0.1) is 11.8 Å². The van der Waals surface area contributed by atoms with Gasteiger partial charge < -0.3 is 20.4 Å². The quantitative estimate of drug-likeness (QED) is 0.478. The third kappa shape index (κ3) is 5.79. The Bertz CT molecular complexity index is 419. The lowest BCUT2D eigenvalue weighted by Crippen LogP contribution is -2.40. The van der Waals surface area contributed by atoms with Gasteiger partial charge >= 0.3 is 0 Å². The van der Waals surface area contributed by atoms with Crippen LogP contribution >= 0.6 is 0 Å². The highest BCUT2D eigenvalue weighted by molar-refractivity contribution is 5.77. The van der Waals surface area contributed by atoms with Crippen molar-refractivity contribution in [1.29, 1.82) is 0 Å². The molecule has 0 spiro atoms. The molecule has 5 heteroatoms. The van der Waals surface area contributed by atoms with Crippen LogP contribution in [0.2, 0.25) is 0 Å². The van der Waals surface area contributed by atoms with Crippen LogP contribution in [0.5, 0.6) is 0 Å². The first-order chi connectivity index (χ1) is 10.1. The molecule has 3 N–H and O–H groups in total. The molecular weight excluding hydrogens is 264 g/mol. The number of furan rings is 1. The number of hydrogen-bond donors (Lipinski definition) is 2. The molecule has 0 saturated carbocycles. The lowest BCUT2D eigenvalue weighted by Gasteiger charge is -2.34. The van der Waals surface area contributed by atoms with Gasteiger partial charge in [-0.05, 0) is 43.4 Å². The van der Waals surface area contributed by atoms with E-state index in [4.69, 9.17) is 10.2 Å². The maximum absolute atomic E-state index is 5.84. The van der Waals surface area contributed by atoms with Crippen molar-refractivity contribution in [3.63, 3.8) is 0 Å². The van der Waals surface area contributed by atoms with Gasteiger partial charge in [-0.3, -0.25) is 0 Å². The maximum atomic E-state index is 5.84. The SMILES string of the molecule is C[C@@H]1C[C@H](C)CN(CCCNC(N)=NCc2ccco2)C1. The van der Waals surface area contributed by atoms with E-state index in [1.54, 1.807) is 6.26 Å². The molecule has 2 rings (SSSR count). The molecule has 0 unspecified atom stereocenters. The minimum atomic E-state index is 0.492. The summed E-state index contributed by atoms with van der Waals surface area (Å²) in [4.78, 5) is 6.82. The molecular formula is C16H28N4O. The summed E-state index contributed by atoms with van der Waals surface area (Å²) in [7, 11) is 0. The Kier molecular flexibility index (Phi) is 6.11. The van der Waals surface area contributed by atoms with Crippen molar-refractivity contribution in [3.05, 3.63) is 24.2 Å². The van der Waals surface area contributed by atoms with E-state index in [2.05, 4.69) is 29.1 Å².